The van der Waals surface area contributed by atoms with E-state index in [1.165, 1.54) is 6.07 Å². The molecule has 0 spiro atoms. The first-order chi connectivity index (χ1) is 8.89. The first-order valence-corrected chi connectivity index (χ1v) is 6.92. The predicted molar refractivity (Wildman–Crippen MR) is 78.3 cm³/mol. The van der Waals surface area contributed by atoms with Crippen LogP contribution in [0.4, 0.5) is 4.39 Å². The molecule has 0 heterocycles. The number of methoxy groups -OCH3 is 1. The van der Waals surface area contributed by atoms with E-state index in [2.05, 4.69) is 19.2 Å². The van der Waals surface area contributed by atoms with Crippen LogP contribution in [0.2, 0.25) is 5.02 Å². The highest BCUT2D eigenvalue weighted by Gasteiger charge is 2.20. The van der Waals surface area contributed by atoms with Gasteiger partial charge in [-0.15, -0.1) is 0 Å². The third kappa shape index (κ3) is 5.09. The van der Waals surface area contributed by atoms with Gasteiger partial charge in [0.05, 0.1) is 5.60 Å². The van der Waals surface area contributed by atoms with Crippen LogP contribution in [0.25, 0.3) is 0 Å². The summed E-state index contributed by atoms with van der Waals surface area (Å²) in [6.45, 7) is 4.10. The first kappa shape index (κ1) is 16.4. The molecule has 2 nitrogen and oxygen atoms in total. The quantitative estimate of drug-likeness (QED) is 0.823. The summed E-state index contributed by atoms with van der Waals surface area (Å²) >= 11 is 6.06. The van der Waals surface area contributed by atoms with Gasteiger partial charge in [-0.05, 0) is 52.3 Å². The van der Waals surface area contributed by atoms with Crippen LogP contribution >= 0.6 is 11.6 Å². The highest BCUT2D eigenvalue weighted by Crippen LogP contribution is 2.23. The van der Waals surface area contributed by atoms with Crippen LogP contribution < -0.4 is 5.32 Å². The lowest BCUT2D eigenvalue weighted by molar-refractivity contribution is 0.0119. The van der Waals surface area contributed by atoms with E-state index in [4.69, 9.17) is 16.3 Å². The van der Waals surface area contributed by atoms with E-state index in [0.717, 1.165) is 12.8 Å². The van der Waals surface area contributed by atoms with Crippen molar-refractivity contribution in [3.63, 3.8) is 0 Å². The Morgan fingerprint density at radius 3 is 2.63 bits per heavy atom. The maximum Gasteiger partial charge on any atom is 0.127 e. The molecule has 108 valence electrons. The van der Waals surface area contributed by atoms with E-state index >= 15 is 0 Å². The Morgan fingerprint density at radius 1 is 1.42 bits per heavy atom. The molecule has 0 fully saturated rings. The van der Waals surface area contributed by atoms with Gasteiger partial charge in [0.2, 0.25) is 0 Å². The van der Waals surface area contributed by atoms with Gasteiger partial charge in [0.25, 0.3) is 0 Å². The van der Waals surface area contributed by atoms with Crippen molar-refractivity contribution >= 4 is 11.6 Å². The molecule has 0 saturated heterocycles. The molecule has 0 aliphatic heterocycles. The van der Waals surface area contributed by atoms with E-state index in [9.17, 15) is 4.39 Å². The van der Waals surface area contributed by atoms with Crippen molar-refractivity contribution in [2.24, 2.45) is 0 Å². The summed E-state index contributed by atoms with van der Waals surface area (Å²) in [6.07, 6.45) is 2.39. The summed E-state index contributed by atoms with van der Waals surface area (Å²) in [5, 5.41) is 3.71. The van der Waals surface area contributed by atoms with Crippen LogP contribution in [0.3, 0.4) is 0 Å². The fourth-order valence-corrected chi connectivity index (χ4v) is 2.19. The van der Waals surface area contributed by atoms with E-state index < -0.39 is 0 Å². The number of halogens is 2. The summed E-state index contributed by atoms with van der Waals surface area (Å²) in [5.74, 6) is -0.237. The lowest BCUT2D eigenvalue weighted by atomic mass is 9.95. The zero-order valence-corrected chi connectivity index (χ0v) is 12.9. The van der Waals surface area contributed by atoms with Gasteiger partial charge in [0.1, 0.15) is 5.82 Å². The summed E-state index contributed by atoms with van der Waals surface area (Å²) in [4.78, 5) is 0. The molecular formula is C15H23ClFNO. The minimum absolute atomic E-state index is 0.159. The molecule has 0 aliphatic rings. The number of rotatable bonds is 7. The normalized spacial score (nSPS) is 13.6. The molecular weight excluding hydrogens is 265 g/mol. The van der Waals surface area contributed by atoms with Gasteiger partial charge in [0, 0.05) is 23.7 Å². The van der Waals surface area contributed by atoms with Crippen LogP contribution in [0, 0.1) is 5.82 Å². The highest BCUT2D eigenvalue weighted by molar-refractivity contribution is 6.31. The van der Waals surface area contributed by atoms with Crippen molar-refractivity contribution in [1.29, 1.82) is 0 Å². The zero-order chi connectivity index (χ0) is 14.5. The Balaban J connectivity index is 2.67. The van der Waals surface area contributed by atoms with Crippen molar-refractivity contribution < 1.29 is 9.13 Å². The van der Waals surface area contributed by atoms with Crippen LogP contribution in [0.5, 0.6) is 0 Å². The number of benzene rings is 1. The molecule has 1 atom stereocenters. The van der Waals surface area contributed by atoms with Crippen molar-refractivity contribution in [3.05, 3.63) is 34.6 Å². The number of ether oxygens (including phenoxy) is 1. The van der Waals surface area contributed by atoms with Crippen LogP contribution in [0.1, 0.15) is 32.3 Å². The predicted octanol–water partition coefficient (Wildman–Crippen LogP) is 3.81. The van der Waals surface area contributed by atoms with E-state index in [1.54, 1.807) is 19.2 Å². The van der Waals surface area contributed by atoms with E-state index in [0.29, 0.717) is 17.0 Å². The molecule has 1 N–H and O–H groups in total. The van der Waals surface area contributed by atoms with Gasteiger partial charge >= 0.3 is 0 Å². The third-order valence-corrected chi connectivity index (χ3v) is 3.92. The van der Waals surface area contributed by atoms with Gasteiger partial charge in [-0.1, -0.05) is 17.7 Å². The molecule has 1 aromatic rings. The fourth-order valence-electron chi connectivity index (χ4n) is 1.95. The van der Waals surface area contributed by atoms with Crippen LogP contribution in [-0.4, -0.2) is 25.8 Å². The van der Waals surface area contributed by atoms with E-state index in [-0.39, 0.29) is 17.5 Å². The first-order valence-electron chi connectivity index (χ1n) is 6.55. The third-order valence-electron chi connectivity index (χ3n) is 3.57. The van der Waals surface area contributed by atoms with Gasteiger partial charge in [-0.25, -0.2) is 4.39 Å². The fraction of sp³-hybridized carbons (Fsp3) is 0.600. The average Bonchev–Trinajstić information content (AvgIpc) is 2.37. The average molecular weight is 288 g/mol. The van der Waals surface area contributed by atoms with E-state index in [1.807, 2.05) is 7.05 Å². The maximum absolute atomic E-state index is 13.8. The molecule has 19 heavy (non-hydrogen) atoms. The number of hydrogen-bond acceptors (Lipinski definition) is 2. The molecule has 0 radical (unpaired) electrons. The monoisotopic (exact) mass is 287 g/mol. The standard InChI is InChI=1S/C15H23ClFNO/c1-15(2,19-4)9-8-11(18-3)10-12-13(16)6-5-7-14(12)17/h5-7,11,18H,8-10H2,1-4H3. The molecule has 1 unspecified atom stereocenters. The lowest BCUT2D eigenvalue weighted by Gasteiger charge is -2.26. The molecule has 1 aromatic carbocycles. The Bertz CT molecular complexity index is 389. The van der Waals surface area contributed by atoms with Crippen molar-refractivity contribution in [1.82, 2.24) is 5.32 Å². The number of nitrogens with one attached hydrogen (secondary N) is 1. The Labute approximate surface area is 120 Å². The smallest absolute Gasteiger partial charge is 0.127 e. The zero-order valence-electron chi connectivity index (χ0n) is 12.1. The summed E-state index contributed by atoms with van der Waals surface area (Å²) in [5.41, 5.74) is 0.424. The second kappa shape index (κ2) is 7.22. The summed E-state index contributed by atoms with van der Waals surface area (Å²) in [6, 6.07) is 4.99. The lowest BCUT2D eigenvalue weighted by Crippen LogP contribution is -2.32. The van der Waals surface area contributed by atoms with Crippen molar-refractivity contribution in [2.75, 3.05) is 14.2 Å². The second-order valence-electron chi connectivity index (χ2n) is 5.39. The maximum atomic E-state index is 13.8. The van der Waals surface area contributed by atoms with Crippen LogP contribution in [-0.2, 0) is 11.2 Å². The number of hydrogen-bond donors (Lipinski definition) is 1. The number of likely N-dealkylation sites (N-methyl/N-ethyl adjacent to an activating group) is 1. The van der Waals surface area contributed by atoms with Gasteiger partial charge in [-0.2, -0.15) is 0 Å². The largest absolute Gasteiger partial charge is 0.379 e. The molecule has 1 rings (SSSR count). The van der Waals surface area contributed by atoms with Crippen molar-refractivity contribution in [2.45, 2.75) is 44.8 Å². The molecule has 4 heteroatoms. The van der Waals surface area contributed by atoms with Gasteiger partial charge < -0.3 is 10.1 Å². The van der Waals surface area contributed by atoms with Crippen molar-refractivity contribution in [3.8, 4) is 0 Å². The molecule has 0 saturated carbocycles. The van der Waals surface area contributed by atoms with Gasteiger partial charge in [-0.3, -0.25) is 0 Å². The Kier molecular flexibility index (Phi) is 6.24. The summed E-state index contributed by atoms with van der Waals surface area (Å²) in [7, 11) is 3.60. The Morgan fingerprint density at radius 2 is 2.11 bits per heavy atom. The molecule has 0 amide bonds. The van der Waals surface area contributed by atoms with Gasteiger partial charge in [0.15, 0.2) is 0 Å². The second-order valence-corrected chi connectivity index (χ2v) is 5.80. The molecule has 0 aliphatic carbocycles. The minimum Gasteiger partial charge on any atom is -0.379 e. The SMILES string of the molecule is CNC(CCC(C)(C)OC)Cc1c(F)cccc1Cl. The molecule has 0 aromatic heterocycles. The van der Waals surface area contributed by atoms with Crippen LogP contribution in [0.15, 0.2) is 18.2 Å². The Hall–Kier alpha value is -0.640. The highest BCUT2D eigenvalue weighted by atomic mass is 35.5. The topological polar surface area (TPSA) is 21.3 Å². The minimum atomic E-state index is -0.237. The molecule has 0 bridgehead atoms. The summed E-state index contributed by atoms with van der Waals surface area (Å²) < 4.78 is 19.2.